The Labute approximate surface area is 182 Å². The normalized spacial score (nSPS) is 24.6. The summed E-state index contributed by atoms with van der Waals surface area (Å²) >= 11 is 3.55. The molecule has 0 spiro atoms. The highest BCUT2D eigenvalue weighted by molar-refractivity contribution is 8.00. The predicted octanol–water partition coefficient (Wildman–Crippen LogP) is 3.99. The van der Waals surface area contributed by atoms with E-state index in [0.29, 0.717) is 18.1 Å². The number of nitrogens with one attached hydrogen (secondary N) is 2. The van der Waals surface area contributed by atoms with Crippen LogP contribution < -0.4 is 10.6 Å². The molecule has 2 aromatic rings. The topological polar surface area (TPSA) is 52.6 Å². The van der Waals surface area contributed by atoms with Gasteiger partial charge >= 0.3 is 0 Å². The van der Waals surface area contributed by atoms with Crippen molar-refractivity contribution in [2.45, 2.75) is 61.1 Å². The van der Waals surface area contributed by atoms with Crippen LogP contribution in [0.4, 0.5) is 0 Å². The minimum Gasteiger partial charge on any atom is -0.356 e. The summed E-state index contributed by atoms with van der Waals surface area (Å²) in [6.07, 6.45) is 8.06. The van der Waals surface area contributed by atoms with Crippen LogP contribution in [-0.2, 0) is 6.54 Å². The Morgan fingerprint density at radius 3 is 2.72 bits per heavy atom. The monoisotopic (exact) mass is 429 g/mol. The van der Waals surface area contributed by atoms with Crippen molar-refractivity contribution in [1.29, 1.82) is 0 Å². The van der Waals surface area contributed by atoms with Crippen LogP contribution in [0.25, 0.3) is 0 Å². The average Bonchev–Trinajstić information content (AvgIpc) is 3.33. The average molecular weight is 430 g/mol. The highest BCUT2D eigenvalue weighted by Gasteiger charge is 2.40. The van der Waals surface area contributed by atoms with Crippen molar-refractivity contribution in [2.24, 2.45) is 4.99 Å². The van der Waals surface area contributed by atoms with E-state index in [1.165, 1.54) is 31.2 Å². The lowest BCUT2D eigenvalue weighted by atomic mass is 9.96. The zero-order valence-electron chi connectivity index (χ0n) is 17.1. The van der Waals surface area contributed by atoms with Gasteiger partial charge in [0.1, 0.15) is 4.34 Å². The second-order valence-corrected chi connectivity index (χ2v) is 10.1. The van der Waals surface area contributed by atoms with Crippen LogP contribution in [-0.4, -0.2) is 53.3 Å². The molecule has 2 aliphatic rings. The van der Waals surface area contributed by atoms with Crippen LogP contribution >= 0.6 is 23.1 Å². The van der Waals surface area contributed by atoms with Crippen molar-refractivity contribution in [3.63, 3.8) is 0 Å². The van der Waals surface area contributed by atoms with Crippen molar-refractivity contribution >= 4 is 29.1 Å². The van der Waals surface area contributed by atoms with E-state index in [9.17, 15) is 0 Å². The van der Waals surface area contributed by atoms with Crippen molar-refractivity contribution in [1.82, 2.24) is 20.5 Å². The van der Waals surface area contributed by atoms with E-state index in [1.807, 2.05) is 30.4 Å². The van der Waals surface area contributed by atoms with E-state index in [4.69, 9.17) is 0 Å². The summed E-state index contributed by atoms with van der Waals surface area (Å²) in [5, 5.41) is 9.22. The number of benzene rings is 1. The lowest BCUT2D eigenvalue weighted by molar-refractivity contribution is 0.114. The van der Waals surface area contributed by atoms with E-state index in [-0.39, 0.29) is 0 Å². The first-order chi connectivity index (χ1) is 14.3. The second-order valence-electron chi connectivity index (χ2n) is 7.85. The molecule has 2 N–H and O–H groups in total. The van der Waals surface area contributed by atoms with E-state index in [2.05, 4.69) is 55.8 Å². The molecule has 0 aliphatic carbocycles. The van der Waals surface area contributed by atoms with Gasteiger partial charge in [-0.15, -0.1) is 11.3 Å². The molecule has 1 aromatic heterocycles. The molecule has 2 saturated heterocycles. The summed E-state index contributed by atoms with van der Waals surface area (Å²) in [7, 11) is 1.87. The molecular formula is C22H31N5S2. The molecule has 29 heavy (non-hydrogen) atoms. The maximum absolute atomic E-state index is 4.45. The molecule has 2 unspecified atom stereocenters. The number of hydrogen-bond acceptors (Lipinski definition) is 5. The molecule has 7 heteroatoms. The van der Waals surface area contributed by atoms with Gasteiger partial charge in [-0.05, 0) is 37.7 Å². The fourth-order valence-corrected chi connectivity index (χ4v) is 6.20. The Kier molecular flexibility index (Phi) is 7.46. The Hall–Kier alpha value is -1.57. The number of nitrogens with zero attached hydrogens (tertiary/aromatic N) is 3. The molecular weight excluding hydrogens is 398 g/mol. The first-order valence-corrected chi connectivity index (χ1v) is 12.5. The second kappa shape index (κ2) is 10.5. The van der Waals surface area contributed by atoms with Gasteiger partial charge in [-0.2, -0.15) is 0 Å². The Balaban J connectivity index is 1.19. The standard InChI is InChI=1S/C22H31N5S2/c1-23-21(24-10-5-12-28-22-25-11-13-29-22)26-18-14-19-8-9-20(15-18)27(19)16-17-6-3-2-4-7-17/h2-4,6-7,11,13,18-20H,5,8-10,12,14-16H2,1H3,(H2,23,24,26). The smallest absolute Gasteiger partial charge is 0.191 e. The van der Waals surface area contributed by atoms with Gasteiger partial charge in [0.25, 0.3) is 0 Å². The molecule has 4 rings (SSSR count). The molecule has 0 radical (unpaired) electrons. The largest absolute Gasteiger partial charge is 0.356 e. The summed E-state index contributed by atoms with van der Waals surface area (Å²) in [5.41, 5.74) is 1.43. The quantitative estimate of drug-likeness (QED) is 0.288. The van der Waals surface area contributed by atoms with Gasteiger partial charge < -0.3 is 10.6 Å². The maximum Gasteiger partial charge on any atom is 0.191 e. The highest BCUT2D eigenvalue weighted by Crippen LogP contribution is 2.36. The van der Waals surface area contributed by atoms with E-state index in [1.54, 1.807) is 11.3 Å². The van der Waals surface area contributed by atoms with Crippen LogP contribution in [0.3, 0.4) is 0 Å². The zero-order chi connectivity index (χ0) is 19.9. The van der Waals surface area contributed by atoms with Crippen LogP contribution in [0.1, 0.15) is 37.7 Å². The number of fused-ring (bicyclic) bond motifs is 2. The molecule has 5 nitrogen and oxygen atoms in total. The number of piperidine rings is 1. The van der Waals surface area contributed by atoms with Gasteiger partial charge in [0.2, 0.25) is 0 Å². The number of hydrogen-bond donors (Lipinski definition) is 2. The van der Waals surface area contributed by atoms with Crippen LogP contribution in [0, 0.1) is 0 Å². The van der Waals surface area contributed by atoms with Crippen molar-refractivity contribution < 1.29 is 0 Å². The zero-order valence-corrected chi connectivity index (χ0v) is 18.7. The molecule has 2 aliphatic heterocycles. The summed E-state index contributed by atoms with van der Waals surface area (Å²) in [6.45, 7) is 2.03. The predicted molar refractivity (Wildman–Crippen MR) is 124 cm³/mol. The summed E-state index contributed by atoms with van der Waals surface area (Å²) in [4.78, 5) is 11.5. The third-order valence-electron chi connectivity index (χ3n) is 5.91. The summed E-state index contributed by atoms with van der Waals surface area (Å²) < 4.78 is 1.16. The molecule has 1 aromatic carbocycles. The van der Waals surface area contributed by atoms with Crippen molar-refractivity contribution in [3.05, 3.63) is 47.5 Å². The molecule has 0 saturated carbocycles. The third kappa shape index (κ3) is 5.74. The first kappa shape index (κ1) is 20.7. The third-order valence-corrected chi connectivity index (χ3v) is 7.96. The van der Waals surface area contributed by atoms with Gasteiger partial charge in [-0.1, -0.05) is 42.1 Å². The van der Waals surface area contributed by atoms with Gasteiger partial charge in [0, 0.05) is 55.6 Å². The fourth-order valence-electron chi connectivity index (χ4n) is 4.55. The number of rotatable bonds is 8. The summed E-state index contributed by atoms with van der Waals surface area (Å²) in [6, 6.07) is 12.8. The fraction of sp³-hybridized carbons (Fsp3) is 0.545. The van der Waals surface area contributed by atoms with E-state index in [0.717, 1.165) is 35.6 Å². The molecule has 2 fully saturated rings. The van der Waals surface area contributed by atoms with E-state index < -0.39 is 0 Å². The van der Waals surface area contributed by atoms with E-state index >= 15 is 0 Å². The molecule has 0 amide bonds. The SMILES string of the molecule is CN=C(NCCCSc1nccs1)NC1CC2CCC(C1)N2Cc1ccccc1. The number of thioether (sulfide) groups is 1. The molecule has 2 bridgehead atoms. The number of thiazole rings is 1. The van der Waals surface area contributed by atoms with Gasteiger partial charge in [-0.3, -0.25) is 9.89 Å². The molecule has 156 valence electrons. The van der Waals surface area contributed by atoms with Crippen molar-refractivity contribution in [2.75, 3.05) is 19.3 Å². The Bertz CT molecular complexity index is 751. The highest BCUT2D eigenvalue weighted by atomic mass is 32.2. The Morgan fingerprint density at radius 2 is 2.03 bits per heavy atom. The van der Waals surface area contributed by atoms with Crippen LogP contribution in [0.2, 0.25) is 0 Å². The molecule has 2 atom stereocenters. The van der Waals surface area contributed by atoms with Gasteiger partial charge in [0.05, 0.1) is 0 Å². The van der Waals surface area contributed by atoms with Crippen LogP contribution in [0.5, 0.6) is 0 Å². The van der Waals surface area contributed by atoms with Crippen LogP contribution in [0.15, 0.2) is 51.2 Å². The number of guanidine groups is 1. The molecule has 3 heterocycles. The number of aromatic nitrogens is 1. The summed E-state index contributed by atoms with van der Waals surface area (Å²) in [5.74, 6) is 2.03. The maximum atomic E-state index is 4.45. The van der Waals surface area contributed by atoms with Crippen molar-refractivity contribution in [3.8, 4) is 0 Å². The lowest BCUT2D eigenvalue weighted by Crippen LogP contribution is -2.52. The Morgan fingerprint density at radius 1 is 1.24 bits per heavy atom. The minimum atomic E-state index is 0.524. The van der Waals surface area contributed by atoms with Gasteiger partial charge in [0.15, 0.2) is 5.96 Å². The number of aliphatic imine (C=N–C) groups is 1. The van der Waals surface area contributed by atoms with Gasteiger partial charge in [-0.25, -0.2) is 4.98 Å². The lowest BCUT2D eigenvalue weighted by Gasteiger charge is -2.39. The first-order valence-electron chi connectivity index (χ1n) is 10.6. The minimum absolute atomic E-state index is 0.524.